The molecule has 0 fully saturated rings. The average Bonchev–Trinajstić information content (AvgIpc) is 2.61. The van der Waals surface area contributed by atoms with Crippen LogP contribution in [0.25, 0.3) is 0 Å². The molecule has 0 amide bonds. The van der Waals surface area contributed by atoms with Crippen LogP contribution in [0, 0.1) is 0 Å². The lowest BCUT2D eigenvalue weighted by Crippen LogP contribution is -2.43. The molecule has 3 aromatic rings. The highest BCUT2D eigenvalue weighted by atomic mass is 31.2. The molecule has 1 aliphatic rings. The molecule has 0 radical (unpaired) electrons. The van der Waals surface area contributed by atoms with Crippen LogP contribution in [0.4, 0.5) is 0 Å². The fourth-order valence-electron chi connectivity index (χ4n) is 3.51. The maximum atomic E-state index is 14.3. The number of benzene rings is 3. The third-order valence-corrected chi connectivity index (χ3v) is 7.82. The van der Waals surface area contributed by atoms with Gasteiger partial charge in [0.05, 0.1) is 0 Å². The molecule has 0 bridgehead atoms. The van der Waals surface area contributed by atoms with Crippen molar-refractivity contribution in [1.29, 1.82) is 0 Å². The maximum Gasteiger partial charge on any atom is 0.171 e. The van der Waals surface area contributed by atoms with Crippen molar-refractivity contribution in [3.8, 4) is 0 Å². The minimum absolute atomic E-state index is 0.728. The molecule has 0 unspecified atom stereocenters. The van der Waals surface area contributed by atoms with Crippen LogP contribution in [0.5, 0.6) is 0 Å². The molecule has 0 aliphatic carbocycles. The average molecular weight is 320 g/mol. The molecule has 0 saturated heterocycles. The fraction of sp³-hybridized carbons (Fsp3) is 0.100. The van der Waals surface area contributed by atoms with E-state index in [1.807, 2.05) is 78.9 Å². The van der Waals surface area contributed by atoms with E-state index in [4.69, 9.17) is 0 Å². The molecular formula is C20H17O2P. The van der Waals surface area contributed by atoms with Crippen LogP contribution in [0.3, 0.4) is 0 Å². The van der Waals surface area contributed by atoms with E-state index in [0.29, 0.717) is 0 Å². The van der Waals surface area contributed by atoms with Crippen LogP contribution in [0.15, 0.2) is 78.9 Å². The Morgan fingerprint density at radius 1 is 0.739 bits per heavy atom. The van der Waals surface area contributed by atoms with E-state index in [-0.39, 0.29) is 0 Å². The third-order valence-electron chi connectivity index (χ3n) is 4.66. The van der Waals surface area contributed by atoms with E-state index >= 15 is 0 Å². The zero-order chi connectivity index (χ0) is 16.1. The van der Waals surface area contributed by atoms with Crippen LogP contribution >= 0.6 is 7.14 Å². The molecule has 23 heavy (non-hydrogen) atoms. The summed E-state index contributed by atoms with van der Waals surface area (Å²) in [7, 11) is -2.99. The van der Waals surface area contributed by atoms with Gasteiger partial charge in [-0.3, -0.25) is 0 Å². The van der Waals surface area contributed by atoms with Crippen molar-refractivity contribution in [2.45, 2.75) is 12.5 Å². The second kappa shape index (κ2) is 4.92. The molecule has 0 spiro atoms. The highest BCUT2D eigenvalue weighted by molar-refractivity contribution is 7.85. The zero-order valence-electron chi connectivity index (χ0n) is 12.8. The van der Waals surface area contributed by atoms with Crippen LogP contribution in [-0.2, 0) is 10.2 Å². The fourth-order valence-corrected chi connectivity index (χ4v) is 6.77. The van der Waals surface area contributed by atoms with Gasteiger partial charge in [-0.05, 0) is 18.1 Å². The standard InChI is InChI=1S/C20H17O2P/c1-20(21)16-11-5-7-13-18(16)23(22,15-9-3-2-4-10-15)19-14-8-6-12-17(19)20/h2-14,21H,1H3. The van der Waals surface area contributed by atoms with E-state index in [1.165, 1.54) is 0 Å². The number of fused-ring (bicyclic) bond motifs is 2. The van der Waals surface area contributed by atoms with Crippen molar-refractivity contribution in [2.75, 3.05) is 0 Å². The molecule has 0 atom stereocenters. The molecule has 1 N–H and O–H groups in total. The van der Waals surface area contributed by atoms with Gasteiger partial charge in [0, 0.05) is 15.9 Å². The molecule has 2 nitrogen and oxygen atoms in total. The van der Waals surface area contributed by atoms with Crippen molar-refractivity contribution >= 4 is 23.1 Å². The number of hydrogen-bond donors (Lipinski definition) is 1. The Labute approximate surface area is 135 Å². The minimum atomic E-state index is -2.99. The first-order valence-corrected chi connectivity index (χ1v) is 9.35. The monoisotopic (exact) mass is 320 g/mol. The normalized spacial score (nSPS) is 25.5. The summed E-state index contributed by atoms with van der Waals surface area (Å²) in [6.45, 7) is 1.78. The number of rotatable bonds is 1. The first-order chi connectivity index (χ1) is 11.1. The van der Waals surface area contributed by atoms with Gasteiger partial charge in [0.1, 0.15) is 5.60 Å². The molecule has 0 aromatic heterocycles. The summed E-state index contributed by atoms with van der Waals surface area (Å²) in [5, 5.41) is 13.4. The molecule has 114 valence electrons. The van der Waals surface area contributed by atoms with Gasteiger partial charge >= 0.3 is 0 Å². The lowest BCUT2D eigenvalue weighted by Gasteiger charge is -2.38. The van der Waals surface area contributed by atoms with Crippen molar-refractivity contribution in [2.24, 2.45) is 0 Å². The van der Waals surface area contributed by atoms with E-state index in [9.17, 15) is 9.67 Å². The largest absolute Gasteiger partial charge is 0.381 e. The Morgan fingerprint density at radius 3 is 1.70 bits per heavy atom. The first kappa shape index (κ1) is 14.4. The van der Waals surface area contributed by atoms with Crippen molar-refractivity contribution in [1.82, 2.24) is 0 Å². The predicted octanol–water partition coefficient (Wildman–Crippen LogP) is 2.90. The SMILES string of the molecule is CC1(O)c2ccccc2P(=O)(c2ccccc2)c2ccccc21. The van der Waals surface area contributed by atoms with E-state index < -0.39 is 12.7 Å². The Kier molecular flexibility index (Phi) is 3.09. The molecule has 0 saturated carbocycles. The third kappa shape index (κ3) is 1.89. The second-order valence-corrected chi connectivity index (χ2v) is 8.75. The minimum Gasteiger partial charge on any atom is -0.381 e. The Hall–Kier alpha value is -2.15. The quantitative estimate of drug-likeness (QED) is 0.700. The zero-order valence-corrected chi connectivity index (χ0v) is 13.7. The van der Waals surface area contributed by atoms with Gasteiger partial charge in [-0.2, -0.15) is 0 Å². The van der Waals surface area contributed by atoms with Gasteiger partial charge < -0.3 is 9.67 Å². The first-order valence-electron chi connectivity index (χ1n) is 7.64. The summed E-state index contributed by atoms with van der Waals surface area (Å²) in [4.78, 5) is 0. The summed E-state index contributed by atoms with van der Waals surface area (Å²) in [5.41, 5.74) is 0.312. The summed E-state index contributed by atoms with van der Waals surface area (Å²) < 4.78 is 14.3. The van der Waals surface area contributed by atoms with Gasteiger partial charge in [-0.25, -0.2) is 0 Å². The molecule has 3 aromatic carbocycles. The van der Waals surface area contributed by atoms with E-state index in [0.717, 1.165) is 27.0 Å². The van der Waals surface area contributed by atoms with Crippen LogP contribution in [0.2, 0.25) is 0 Å². The lowest BCUT2D eigenvalue weighted by molar-refractivity contribution is 0.104. The second-order valence-electron chi connectivity index (χ2n) is 6.05. The smallest absolute Gasteiger partial charge is 0.171 e. The Morgan fingerprint density at radius 2 is 1.17 bits per heavy atom. The Balaban J connectivity index is 2.16. The van der Waals surface area contributed by atoms with Crippen molar-refractivity contribution < 1.29 is 9.67 Å². The highest BCUT2D eigenvalue weighted by Gasteiger charge is 2.45. The molecule has 1 aliphatic heterocycles. The summed E-state index contributed by atoms with van der Waals surface area (Å²) in [6, 6.07) is 24.6. The van der Waals surface area contributed by atoms with Crippen molar-refractivity contribution in [3.05, 3.63) is 90.0 Å². The van der Waals surface area contributed by atoms with Crippen molar-refractivity contribution in [3.63, 3.8) is 0 Å². The van der Waals surface area contributed by atoms with E-state index in [2.05, 4.69) is 0 Å². The highest BCUT2D eigenvalue weighted by Crippen LogP contribution is 2.51. The van der Waals surface area contributed by atoms with Crippen LogP contribution in [0.1, 0.15) is 18.1 Å². The molecule has 4 rings (SSSR count). The number of hydrogen-bond acceptors (Lipinski definition) is 2. The maximum absolute atomic E-state index is 14.3. The van der Waals surface area contributed by atoms with Gasteiger partial charge in [-0.1, -0.05) is 78.9 Å². The summed E-state index contributed by atoms with van der Waals surface area (Å²) >= 11 is 0. The molecule has 1 heterocycles. The Bertz CT molecular complexity index is 876. The van der Waals surface area contributed by atoms with Gasteiger partial charge in [-0.15, -0.1) is 0 Å². The summed E-state index contributed by atoms with van der Waals surface area (Å²) in [5.74, 6) is 0. The van der Waals surface area contributed by atoms with E-state index in [1.54, 1.807) is 6.92 Å². The number of aliphatic hydroxyl groups is 1. The van der Waals surface area contributed by atoms with Gasteiger partial charge in [0.2, 0.25) is 0 Å². The predicted molar refractivity (Wildman–Crippen MR) is 94.5 cm³/mol. The molecular weight excluding hydrogens is 303 g/mol. The topological polar surface area (TPSA) is 37.3 Å². The van der Waals surface area contributed by atoms with Gasteiger partial charge in [0.25, 0.3) is 0 Å². The molecule has 3 heteroatoms. The summed E-state index contributed by atoms with van der Waals surface area (Å²) in [6.07, 6.45) is 0. The van der Waals surface area contributed by atoms with Gasteiger partial charge in [0.15, 0.2) is 7.14 Å². The van der Waals surface area contributed by atoms with Crippen LogP contribution in [-0.4, -0.2) is 5.11 Å². The lowest BCUT2D eigenvalue weighted by atomic mass is 9.87. The van der Waals surface area contributed by atoms with Crippen LogP contribution < -0.4 is 15.9 Å².